The minimum atomic E-state index is -2.79. The van der Waals surface area contributed by atoms with Crippen LogP contribution in [-0.2, 0) is 9.22 Å². The zero-order valence-corrected chi connectivity index (χ0v) is 18.8. The van der Waals surface area contributed by atoms with Gasteiger partial charge in [-0.1, -0.05) is 81.4 Å². The van der Waals surface area contributed by atoms with E-state index in [1.54, 1.807) is 0 Å². The summed E-state index contributed by atoms with van der Waals surface area (Å²) in [5.74, 6) is -0.374. The van der Waals surface area contributed by atoms with Gasteiger partial charge in [-0.25, -0.2) is 4.39 Å². The average molecular weight is 428 g/mol. The van der Waals surface area contributed by atoms with Crippen molar-refractivity contribution in [1.82, 2.24) is 4.90 Å². The third-order valence-corrected chi connectivity index (χ3v) is 11.6. The normalized spacial score (nSPS) is 26.8. The molecule has 0 aromatic heterocycles. The summed E-state index contributed by atoms with van der Waals surface area (Å²) in [5.41, 5.74) is -0.775. The summed E-state index contributed by atoms with van der Waals surface area (Å²) < 4.78 is 21.3. The molecule has 2 fully saturated rings. The van der Waals surface area contributed by atoms with Crippen molar-refractivity contribution in [2.45, 2.75) is 56.5 Å². The highest BCUT2D eigenvalue weighted by atomic mass is 28.4. The van der Waals surface area contributed by atoms with E-state index in [0.29, 0.717) is 0 Å². The van der Waals surface area contributed by atoms with Crippen LogP contribution in [0.25, 0.3) is 0 Å². The third-order valence-electron chi connectivity index (χ3n) is 6.65. The number of carbonyl (C=O) groups excluding carboxylic acids is 1. The Balaban J connectivity index is 1.79. The van der Waals surface area contributed by atoms with Crippen LogP contribution in [0.2, 0.25) is 5.04 Å². The lowest BCUT2D eigenvalue weighted by atomic mass is 9.94. The Morgan fingerprint density at radius 2 is 1.60 bits per heavy atom. The van der Waals surface area contributed by atoms with Crippen LogP contribution in [0.15, 0.2) is 60.7 Å². The van der Waals surface area contributed by atoms with Crippen molar-refractivity contribution in [3.05, 3.63) is 60.7 Å². The molecule has 2 aromatic carbocycles. The first kappa shape index (κ1) is 21.2. The molecule has 1 unspecified atom stereocenters. The lowest BCUT2D eigenvalue weighted by Crippen LogP contribution is -2.68. The SMILES string of the molecule is CC(C)(C)[Si](OC[C@@]12CC(O)C(=O)N1C[C@H](F)C2)(c1ccccc1)c1ccccc1. The van der Waals surface area contributed by atoms with E-state index in [0.717, 1.165) is 10.4 Å². The Bertz CT molecular complexity index is 862. The zero-order valence-electron chi connectivity index (χ0n) is 17.8. The van der Waals surface area contributed by atoms with Gasteiger partial charge < -0.3 is 14.4 Å². The van der Waals surface area contributed by atoms with Crippen molar-refractivity contribution in [2.24, 2.45) is 0 Å². The molecule has 4 nitrogen and oxygen atoms in total. The molecule has 2 heterocycles. The van der Waals surface area contributed by atoms with E-state index < -0.39 is 26.1 Å². The van der Waals surface area contributed by atoms with Crippen molar-refractivity contribution in [3.63, 3.8) is 0 Å². The van der Waals surface area contributed by atoms with Gasteiger partial charge in [0.1, 0.15) is 12.3 Å². The Morgan fingerprint density at radius 1 is 1.07 bits per heavy atom. The topological polar surface area (TPSA) is 49.8 Å². The van der Waals surface area contributed by atoms with Crippen LogP contribution in [0.1, 0.15) is 33.6 Å². The number of halogens is 1. The number of benzene rings is 2. The van der Waals surface area contributed by atoms with Gasteiger partial charge in [0, 0.05) is 12.8 Å². The van der Waals surface area contributed by atoms with Gasteiger partial charge in [0.15, 0.2) is 0 Å². The number of carbonyl (C=O) groups is 1. The first-order valence-corrected chi connectivity index (χ1v) is 12.5. The second kappa shape index (κ2) is 7.59. The van der Waals surface area contributed by atoms with Crippen molar-refractivity contribution >= 4 is 24.6 Å². The van der Waals surface area contributed by atoms with Crippen LogP contribution in [0.5, 0.6) is 0 Å². The molecule has 1 N–H and O–H groups in total. The smallest absolute Gasteiger partial charge is 0.261 e. The lowest BCUT2D eigenvalue weighted by Gasteiger charge is -2.45. The molecule has 2 aliphatic rings. The molecule has 1 amide bonds. The van der Waals surface area contributed by atoms with Crippen LogP contribution < -0.4 is 10.4 Å². The molecule has 160 valence electrons. The number of amides is 1. The summed E-state index contributed by atoms with van der Waals surface area (Å²) in [7, 11) is -2.79. The Kier molecular flexibility index (Phi) is 5.37. The van der Waals surface area contributed by atoms with Crippen molar-refractivity contribution in [1.29, 1.82) is 0 Å². The highest BCUT2D eigenvalue weighted by molar-refractivity contribution is 6.99. The van der Waals surface area contributed by atoms with Crippen molar-refractivity contribution < 1.29 is 18.7 Å². The molecule has 6 heteroatoms. The fourth-order valence-corrected chi connectivity index (χ4v) is 9.96. The highest BCUT2D eigenvalue weighted by Crippen LogP contribution is 2.44. The molecular weight excluding hydrogens is 397 g/mol. The average Bonchev–Trinajstić information content (AvgIpc) is 3.14. The number of hydrogen-bond donors (Lipinski definition) is 1. The van der Waals surface area contributed by atoms with E-state index in [-0.39, 0.29) is 36.9 Å². The first-order chi connectivity index (χ1) is 14.2. The number of rotatable bonds is 5. The molecule has 0 spiro atoms. The standard InChI is InChI=1S/C24H30FNO3Si/c1-23(2,3)30(19-10-6-4-7-11-19,20-12-8-5-9-13-20)29-17-24-14-18(25)16-26(24)22(28)21(27)15-24/h4-13,18,21,27H,14-17H2,1-3H3/t18-,21?,24-/m1/s1. The summed E-state index contributed by atoms with van der Waals surface area (Å²) in [6, 6.07) is 20.5. The van der Waals surface area contributed by atoms with Crippen molar-refractivity contribution in [2.75, 3.05) is 13.2 Å². The Hall–Kier alpha value is -2.02. The molecule has 2 aromatic rings. The fraction of sp³-hybridized carbons (Fsp3) is 0.458. The Labute approximate surface area is 178 Å². The summed E-state index contributed by atoms with van der Waals surface area (Å²) in [6.07, 6.45) is -1.71. The number of fused-ring (bicyclic) bond motifs is 1. The van der Waals surface area contributed by atoms with E-state index in [1.165, 1.54) is 4.90 Å². The molecule has 0 aliphatic carbocycles. The van der Waals surface area contributed by atoms with Crippen LogP contribution in [0.4, 0.5) is 4.39 Å². The number of alkyl halides is 1. The first-order valence-electron chi connectivity index (χ1n) is 10.6. The summed E-state index contributed by atoms with van der Waals surface area (Å²) in [4.78, 5) is 14.0. The van der Waals surface area contributed by atoms with E-state index >= 15 is 0 Å². The van der Waals surface area contributed by atoms with Gasteiger partial charge in [-0.3, -0.25) is 4.79 Å². The maximum Gasteiger partial charge on any atom is 0.261 e. The van der Waals surface area contributed by atoms with Gasteiger partial charge in [0.25, 0.3) is 14.2 Å². The highest BCUT2D eigenvalue weighted by Gasteiger charge is 2.59. The van der Waals surface area contributed by atoms with E-state index in [2.05, 4.69) is 45.0 Å². The lowest BCUT2D eigenvalue weighted by molar-refractivity contribution is -0.136. The summed E-state index contributed by atoms with van der Waals surface area (Å²) in [5, 5.41) is 12.3. The molecular formula is C24H30FNO3Si. The van der Waals surface area contributed by atoms with Gasteiger partial charge in [0.05, 0.1) is 18.7 Å². The maximum atomic E-state index is 14.4. The molecule has 4 rings (SSSR count). The quantitative estimate of drug-likeness (QED) is 0.747. The van der Waals surface area contributed by atoms with Gasteiger partial charge in [-0.05, 0) is 15.4 Å². The molecule has 0 saturated carbocycles. The Morgan fingerprint density at radius 3 is 2.10 bits per heavy atom. The van der Waals surface area contributed by atoms with Gasteiger partial charge in [0.2, 0.25) is 0 Å². The molecule has 2 saturated heterocycles. The predicted molar refractivity (Wildman–Crippen MR) is 118 cm³/mol. The van der Waals surface area contributed by atoms with Gasteiger partial charge in [-0.2, -0.15) is 0 Å². The van der Waals surface area contributed by atoms with E-state index in [1.807, 2.05) is 36.4 Å². The molecule has 0 radical (unpaired) electrons. The van der Waals surface area contributed by atoms with E-state index in [4.69, 9.17) is 4.43 Å². The van der Waals surface area contributed by atoms with Crippen LogP contribution in [0.3, 0.4) is 0 Å². The molecule has 3 atom stereocenters. The zero-order chi connectivity index (χ0) is 21.6. The third kappa shape index (κ3) is 3.31. The molecule has 30 heavy (non-hydrogen) atoms. The summed E-state index contributed by atoms with van der Waals surface area (Å²) in [6.45, 7) is 6.84. The maximum absolute atomic E-state index is 14.4. The fourth-order valence-electron chi connectivity index (χ4n) is 5.32. The minimum absolute atomic E-state index is 0.0417. The predicted octanol–water partition coefficient (Wildman–Crippen LogP) is 2.64. The number of aliphatic hydroxyl groups is 1. The van der Waals surface area contributed by atoms with Gasteiger partial charge >= 0.3 is 0 Å². The molecule has 0 bridgehead atoms. The largest absolute Gasteiger partial charge is 0.405 e. The second-order valence-electron chi connectivity index (χ2n) is 9.65. The van der Waals surface area contributed by atoms with Crippen LogP contribution in [0, 0.1) is 0 Å². The van der Waals surface area contributed by atoms with Crippen LogP contribution >= 0.6 is 0 Å². The monoisotopic (exact) mass is 427 g/mol. The van der Waals surface area contributed by atoms with Crippen LogP contribution in [-0.4, -0.2) is 55.2 Å². The molecule has 2 aliphatic heterocycles. The summed E-state index contributed by atoms with van der Waals surface area (Å²) >= 11 is 0. The van der Waals surface area contributed by atoms with Gasteiger partial charge in [-0.15, -0.1) is 0 Å². The number of aliphatic hydroxyl groups excluding tert-OH is 1. The van der Waals surface area contributed by atoms with E-state index in [9.17, 15) is 14.3 Å². The minimum Gasteiger partial charge on any atom is -0.405 e. The number of hydrogen-bond acceptors (Lipinski definition) is 3. The van der Waals surface area contributed by atoms with Crippen molar-refractivity contribution in [3.8, 4) is 0 Å². The number of nitrogens with zero attached hydrogens (tertiary/aromatic N) is 1. The second-order valence-corrected chi connectivity index (χ2v) is 14.0.